The molecule has 0 saturated heterocycles. The smallest absolute Gasteiger partial charge is 0.290 e. The van der Waals surface area contributed by atoms with Crippen LogP contribution in [0.25, 0.3) is 21.7 Å². The van der Waals surface area contributed by atoms with Crippen LogP contribution in [0.3, 0.4) is 0 Å². The Bertz CT molecular complexity index is 1450. The Morgan fingerprint density at radius 2 is 1.81 bits per heavy atom. The molecule has 2 amide bonds. The monoisotopic (exact) mass is 429 g/mol. The SMILES string of the molecule is C[C@H]1CCc2[nH]c3ccc(C(=O)NNC(=O)c4nn(C)c(=O)c5ccccc45)cc3c2C1. The van der Waals surface area contributed by atoms with Crippen LogP contribution < -0.4 is 16.4 Å². The molecular weight excluding hydrogens is 406 g/mol. The molecule has 1 aliphatic carbocycles. The number of H-pyrrole nitrogens is 1. The summed E-state index contributed by atoms with van der Waals surface area (Å²) in [6.07, 6.45) is 3.17. The highest BCUT2D eigenvalue weighted by molar-refractivity contribution is 6.06. The van der Waals surface area contributed by atoms with Crippen LogP contribution in [0.1, 0.15) is 45.4 Å². The molecule has 0 bridgehead atoms. The van der Waals surface area contributed by atoms with Gasteiger partial charge in [-0.05, 0) is 55.0 Å². The third-order valence-corrected chi connectivity index (χ3v) is 6.16. The molecule has 2 aromatic carbocycles. The third-order valence-electron chi connectivity index (χ3n) is 6.16. The van der Waals surface area contributed by atoms with E-state index >= 15 is 0 Å². The minimum absolute atomic E-state index is 0.0622. The van der Waals surface area contributed by atoms with E-state index in [1.165, 1.54) is 18.3 Å². The van der Waals surface area contributed by atoms with E-state index in [1.54, 1.807) is 30.3 Å². The summed E-state index contributed by atoms with van der Waals surface area (Å²) >= 11 is 0. The van der Waals surface area contributed by atoms with Gasteiger partial charge in [-0.2, -0.15) is 5.10 Å². The van der Waals surface area contributed by atoms with Crippen molar-refractivity contribution in [3.63, 3.8) is 0 Å². The number of amides is 2. The van der Waals surface area contributed by atoms with Gasteiger partial charge in [-0.1, -0.05) is 25.1 Å². The molecule has 2 aromatic heterocycles. The van der Waals surface area contributed by atoms with Gasteiger partial charge in [0.15, 0.2) is 5.69 Å². The van der Waals surface area contributed by atoms with Crippen LogP contribution in [0.2, 0.25) is 0 Å². The lowest BCUT2D eigenvalue weighted by molar-refractivity contribution is 0.0844. The van der Waals surface area contributed by atoms with Gasteiger partial charge in [0.05, 0.1) is 5.39 Å². The zero-order valence-electron chi connectivity index (χ0n) is 17.9. The minimum Gasteiger partial charge on any atom is -0.358 e. The van der Waals surface area contributed by atoms with E-state index in [4.69, 9.17) is 0 Å². The summed E-state index contributed by atoms with van der Waals surface area (Å²) < 4.78 is 1.11. The average Bonchev–Trinajstić information content (AvgIpc) is 3.16. The van der Waals surface area contributed by atoms with Crippen LogP contribution in [-0.4, -0.2) is 26.6 Å². The van der Waals surface area contributed by atoms with Crippen LogP contribution in [-0.2, 0) is 19.9 Å². The number of benzene rings is 2. The van der Waals surface area contributed by atoms with Crippen LogP contribution in [0.15, 0.2) is 47.3 Å². The van der Waals surface area contributed by atoms with Crippen molar-refractivity contribution in [2.75, 3.05) is 0 Å². The first-order valence-corrected chi connectivity index (χ1v) is 10.6. The molecule has 32 heavy (non-hydrogen) atoms. The molecule has 0 saturated carbocycles. The summed E-state index contributed by atoms with van der Waals surface area (Å²) in [7, 11) is 1.48. The third kappa shape index (κ3) is 3.33. The van der Waals surface area contributed by atoms with Crippen LogP contribution in [0.4, 0.5) is 0 Å². The van der Waals surface area contributed by atoms with Gasteiger partial charge in [-0.15, -0.1) is 0 Å². The molecule has 0 fully saturated rings. The van der Waals surface area contributed by atoms with E-state index in [0.29, 0.717) is 22.3 Å². The van der Waals surface area contributed by atoms with Gasteiger partial charge < -0.3 is 4.98 Å². The van der Waals surface area contributed by atoms with Gasteiger partial charge in [0.1, 0.15) is 0 Å². The number of aromatic amines is 1. The van der Waals surface area contributed by atoms with Crippen molar-refractivity contribution in [3.05, 3.63) is 75.3 Å². The highest BCUT2D eigenvalue weighted by Crippen LogP contribution is 2.32. The van der Waals surface area contributed by atoms with Gasteiger partial charge in [0, 0.05) is 34.6 Å². The number of carbonyl (C=O) groups is 2. The molecule has 1 aliphatic rings. The van der Waals surface area contributed by atoms with Gasteiger partial charge in [0.25, 0.3) is 17.4 Å². The summed E-state index contributed by atoms with van der Waals surface area (Å²) in [4.78, 5) is 41.2. The predicted molar refractivity (Wildman–Crippen MR) is 121 cm³/mol. The number of hydrogen-bond donors (Lipinski definition) is 3. The Kier molecular flexibility index (Phi) is 4.77. The maximum Gasteiger partial charge on any atom is 0.290 e. The fraction of sp³-hybridized carbons (Fsp3) is 0.250. The number of rotatable bonds is 2. The molecule has 162 valence electrons. The maximum atomic E-state index is 12.8. The summed E-state index contributed by atoms with van der Waals surface area (Å²) in [6.45, 7) is 2.24. The van der Waals surface area contributed by atoms with Gasteiger partial charge in [-0.25, -0.2) is 4.68 Å². The summed E-state index contributed by atoms with van der Waals surface area (Å²) in [5, 5.41) is 5.94. The van der Waals surface area contributed by atoms with Crippen molar-refractivity contribution in [2.45, 2.75) is 26.2 Å². The number of aromatic nitrogens is 3. The molecule has 0 aliphatic heterocycles. The number of hydrazine groups is 1. The molecule has 0 unspecified atom stereocenters. The Hall–Kier alpha value is -3.94. The van der Waals surface area contributed by atoms with Crippen molar-refractivity contribution >= 4 is 33.5 Å². The lowest BCUT2D eigenvalue weighted by Gasteiger charge is -2.18. The van der Waals surface area contributed by atoms with E-state index in [1.807, 2.05) is 12.1 Å². The number of nitrogens with one attached hydrogen (secondary N) is 3. The molecule has 8 nitrogen and oxygen atoms in total. The molecular formula is C24H23N5O3. The summed E-state index contributed by atoms with van der Waals surface area (Å²) in [5.74, 6) is -0.408. The fourth-order valence-corrected chi connectivity index (χ4v) is 4.44. The van der Waals surface area contributed by atoms with Crippen molar-refractivity contribution in [2.24, 2.45) is 13.0 Å². The average molecular weight is 429 g/mol. The zero-order valence-corrected chi connectivity index (χ0v) is 17.9. The Morgan fingerprint density at radius 3 is 2.62 bits per heavy atom. The first-order valence-electron chi connectivity index (χ1n) is 10.6. The van der Waals surface area contributed by atoms with Crippen molar-refractivity contribution in [3.8, 4) is 0 Å². The van der Waals surface area contributed by atoms with Crippen molar-refractivity contribution in [1.82, 2.24) is 25.6 Å². The first kappa shape index (κ1) is 20.0. The van der Waals surface area contributed by atoms with Crippen LogP contribution in [0.5, 0.6) is 0 Å². The van der Waals surface area contributed by atoms with Crippen LogP contribution >= 0.6 is 0 Å². The maximum absolute atomic E-state index is 12.8. The predicted octanol–water partition coefficient (Wildman–Crippen LogP) is 2.61. The number of nitrogens with zero attached hydrogens (tertiary/aromatic N) is 2. The van der Waals surface area contributed by atoms with Gasteiger partial charge in [-0.3, -0.25) is 25.2 Å². The zero-order chi connectivity index (χ0) is 22.4. The summed E-state index contributed by atoms with van der Waals surface area (Å²) in [5.41, 5.74) is 8.65. The Balaban J connectivity index is 1.38. The number of aryl methyl sites for hydroxylation is 2. The van der Waals surface area contributed by atoms with E-state index < -0.39 is 11.8 Å². The number of hydrogen-bond acceptors (Lipinski definition) is 4. The van der Waals surface area contributed by atoms with E-state index in [-0.39, 0.29) is 11.3 Å². The van der Waals surface area contributed by atoms with E-state index in [0.717, 1.165) is 34.8 Å². The summed E-state index contributed by atoms with van der Waals surface area (Å²) in [6, 6.07) is 12.2. The number of fused-ring (bicyclic) bond motifs is 4. The van der Waals surface area contributed by atoms with E-state index in [9.17, 15) is 14.4 Å². The largest absolute Gasteiger partial charge is 0.358 e. The van der Waals surface area contributed by atoms with Crippen molar-refractivity contribution in [1.29, 1.82) is 0 Å². The van der Waals surface area contributed by atoms with Crippen LogP contribution in [0, 0.1) is 5.92 Å². The quantitative estimate of drug-likeness (QED) is 0.426. The molecule has 1 atom stereocenters. The normalized spacial score (nSPS) is 15.5. The molecule has 2 heterocycles. The second kappa shape index (κ2) is 7.64. The molecule has 4 aromatic rings. The van der Waals surface area contributed by atoms with Crippen molar-refractivity contribution < 1.29 is 9.59 Å². The molecule has 3 N–H and O–H groups in total. The van der Waals surface area contributed by atoms with Gasteiger partial charge >= 0.3 is 0 Å². The molecule has 8 heteroatoms. The lowest BCUT2D eigenvalue weighted by Crippen LogP contribution is -2.42. The Labute approximate surface area is 183 Å². The fourth-order valence-electron chi connectivity index (χ4n) is 4.44. The lowest BCUT2D eigenvalue weighted by atomic mass is 9.87. The van der Waals surface area contributed by atoms with Gasteiger partial charge in [0.2, 0.25) is 0 Å². The first-order chi connectivity index (χ1) is 15.4. The number of carbonyl (C=O) groups excluding carboxylic acids is 2. The minimum atomic E-state index is -0.598. The molecule has 0 spiro atoms. The molecule has 0 radical (unpaired) electrons. The highest BCUT2D eigenvalue weighted by Gasteiger charge is 2.21. The second-order valence-electron chi connectivity index (χ2n) is 8.42. The molecule has 5 rings (SSSR count). The van der Waals surface area contributed by atoms with E-state index in [2.05, 4.69) is 27.9 Å². The highest BCUT2D eigenvalue weighted by atomic mass is 16.2. The second-order valence-corrected chi connectivity index (χ2v) is 8.42. The topological polar surface area (TPSA) is 109 Å². The Morgan fingerprint density at radius 1 is 1.06 bits per heavy atom. The standard InChI is InChI=1S/C24H23N5O3/c1-13-7-9-19-17(11-13)18-12-14(8-10-20(18)25-19)22(30)26-27-23(31)21-15-5-3-4-6-16(15)24(32)29(2)28-21/h3-6,8,10,12-13,25H,7,9,11H2,1-2H3,(H,26,30)(H,27,31)/t13-/m0/s1.